The molecule has 2 rings (SSSR count). The van der Waals surface area contributed by atoms with Crippen LogP contribution in [0.2, 0.25) is 0 Å². The summed E-state index contributed by atoms with van der Waals surface area (Å²) >= 11 is 6.68. The molecule has 2 aromatic carbocycles. The first kappa shape index (κ1) is 26.9. The van der Waals surface area contributed by atoms with Crippen LogP contribution in [0.4, 0.5) is 0 Å². The minimum absolute atomic E-state index is 0.0244. The van der Waals surface area contributed by atoms with Crippen LogP contribution in [0.5, 0.6) is 5.75 Å². The largest absolute Gasteiger partial charge is 0.492 e. The Bertz CT molecular complexity index is 981. The summed E-state index contributed by atoms with van der Waals surface area (Å²) < 4.78 is 36.3. The predicted molar refractivity (Wildman–Crippen MR) is 124 cm³/mol. The molecule has 0 saturated heterocycles. The highest BCUT2D eigenvalue weighted by atomic mass is 79.9. The Morgan fingerprint density at radius 1 is 1.16 bits per heavy atom. The third kappa shape index (κ3) is 11.2. The lowest BCUT2D eigenvalue weighted by molar-refractivity contribution is -0.134. The number of benzene rings is 2. The number of halogens is 2. The molecule has 31 heavy (non-hydrogen) atoms. The van der Waals surface area contributed by atoms with Crippen LogP contribution < -0.4 is 15.8 Å². The number of carboxylic acids is 1. The fraction of sp³-hybridized carbons (Fsp3) is 0.263. The smallest absolute Gasteiger partial charge is 0.300 e. The molecule has 12 heteroatoms. The van der Waals surface area contributed by atoms with E-state index in [9.17, 15) is 8.42 Å². The summed E-state index contributed by atoms with van der Waals surface area (Å²) in [6, 6.07) is 11.8. The van der Waals surface area contributed by atoms with Crippen molar-refractivity contribution in [2.45, 2.75) is 24.8 Å². The average Bonchev–Trinajstić information content (AvgIpc) is 2.67. The first-order chi connectivity index (χ1) is 14.5. The summed E-state index contributed by atoms with van der Waals surface area (Å²) in [5, 5.41) is 17.3. The molecule has 0 atom stereocenters. The van der Waals surface area contributed by atoms with E-state index in [1.807, 2.05) is 12.1 Å². The molecule has 0 spiro atoms. The molecule has 0 amide bonds. The van der Waals surface area contributed by atoms with Gasteiger partial charge in [0.15, 0.2) is 5.96 Å². The Hall–Kier alpha value is -2.15. The minimum Gasteiger partial charge on any atom is -0.492 e. The van der Waals surface area contributed by atoms with E-state index >= 15 is 0 Å². The zero-order valence-electron chi connectivity index (χ0n) is 16.6. The molecule has 0 aliphatic carbocycles. The average molecular weight is 581 g/mol. The van der Waals surface area contributed by atoms with Gasteiger partial charge in [-0.15, -0.1) is 0 Å². The summed E-state index contributed by atoms with van der Waals surface area (Å²) in [4.78, 5) is 9.11. The molecule has 0 aliphatic rings. The molecule has 0 bridgehead atoms. The summed E-state index contributed by atoms with van der Waals surface area (Å²) in [5.41, 5.74) is 6.19. The number of carbonyl (C=O) groups is 1. The number of guanidine groups is 1. The van der Waals surface area contributed by atoms with Crippen molar-refractivity contribution in [2.75, 3.05) is 13.2 Å². The van der Waals surface area contributed by atoms with Crippen LogP contribution in [0.15, 0.2) is 56.3 Å². The van der Waals surface area contributed by atoms with Crippen molar-refractivity contribution in [1.82, 2.24) is 5.32 Å². The van der Waals surface area contributed by atoms with Gasteiger partial charge in [0.05, 0.1) is 22.6 Å². The van der Waals surface area contributed by atoms with Crippen LogP contribution in [0.1, 0.15) is 18.9 Å². The Balaban J connectivity index is 0.00000110. The highest BCUT2D eigenvalue weighted by molar-refractivity contribution is 9.10. The summed E-state index contributed by atoms with van der Waals surface area (Å²) in [6.45, 7) is 1.85. The number of hydrogen-bond acceptors (Lipinski definition) is 6. The molecule has 0 saturated carbocycles. The maximum absolute atomic E-state index is 12.1. The van der Waals surface area contributed by atoms with Crippen molar-refractivity contribution in [2.24, 2.45) is 5.73 Å². The normalized spacial score (nSPS) is 10.5. The molecule has 0 heterocycles. The van der Waals surface area contributed by atoms with E-state index in [1.54, 1.807) is 18.2 Å². The highest BCUT2D eigenvalue weighted by Crippen LogP contribution is 2.26. The van der Waals surface area contributed by atoms with E-state index in [4.69, 9.17) is 30.0 Å². The van der Waals surface area contributed by atoms with Gasteiger partial charge in [-0.1, -0.05) is 22.0 Å². The summed E-state index contributed by atoms with van der Waals surface area (Å²) in [6.07, 6.45) is 0.413. The Labute approximate surface area is 197 Å². The van der Waals surface area contributed by atoms with Crippen molar-refractivity contribution < 1.29 is 27.2 Å². The Morgan fingerprint density at radius 3 is 2.32 bits per heavy atom. The van der Waals surface area contributed by atoms with Crippen molar-refractivity contribution in [3.8, 4) is 5.75 Å². The second kappa shape index (κ2) is 13.3. The number of rotatable bonds is 9. The number of carboxylic acid groups (broad SMARTS) is 1. The molecule has 0 aromatic heterocycles. The first-order valence-corrected chi connectivity index (χ1v) is 11.8. The summed E-state index contributed by atoms with van der Waals surface area (Å²) in [5.74, 6) is -0.290. The van der Waals surface area contributed by atoms with Gasteiger partial charge in [-0.05, 0) is 57.9 Å². The lowest BCUT2D eigenvalue weighted by atomic mass is 10.2. The number of hydrogen-bond donors (Lipinski definition) is 4. The SMILES string of the molecule is CC(=O)O.N=C(N)NCc1ccc(OCCCOS(=O)(=O)c2ccc(Br)cc2)c(Br)c1. The number of aliphatic carboxylic acids is 1. The highest BCUT2D eigenvalue weighted by Gasteiger charge is 2.14. The van der Waals surface area contributed by atoms with E-state index in [1.165, 1.54) is 12.1 Å². The molecule has 0 fully saturated rings. The van der Waals surface area contributed by atoms with Crippen LogP contribution in [0, 0.1) is 5.41 Å². The Morgan fingerprint density at radius 2 is 1.77 bits per heavy atom. The van der Waals surface area contributed by atoms with Crippen LogP contribution in [-0.2, 0) is 25.6 Å². The van der Waals surface area contributed by atoms with Gasteiger partial charge in [0.1, 0.15) is 5.75 Å². The quantitative estimate of drug-likeness (QED) is 0.152. The van der Waals surface area contributed by atoms with Gasteiger partial charge >= 0.3 is 0 Å². The lowest BCUT2D eigenvalue weighted by Crippen LogP contribution is -2.29. The van der Waals surface area contributed by atoms with Gasteiger partial charge in [-0.2, -0.15) is 8.42 Å². The molecule has 9 nitrogen and oxygen atoms in total. The molecular weight excluding hydrogens is 558 g/mol. The van der Waals surface area contributed by atoms with Crippen LogP contribution in [0.3, 0.4) is 0 Å². The number of ether oxygens (including phenoxy) is 1. The van der Waals surface area contributed by atoms with Gasteiger partial charge in [-0.3, -0.25) is 14.4 Å². The monoisotopic (exact) mass is 579 g/mol. The number of nitrogens with two attached hydrogens (primary N) is 1. The zero-order valence-corrected chi connectivity index (χ0v) is 20.6. The molecule has 0 radical (unpaired) electrons. The summed E-state index contributed by atoms with van der Waals surface area (Å²) in [7, 11) is -3.77. The molecule has 5 N–H and O–H groups in total. The van der Waals surface area contributed by atoms with Gasteiger partial charge in [-0.25, -0.2) is 0 Å². The molecule has 170 valence electrons. The van der Waals surface area contributed by atoms with E-state index in [0.29, 0.717) is 25.3 Å². The lowest BCUT2D eigenvalue weighted by Gasteiger charge is -2.11. The van der Waals surface area contributed by atoms with Crippen LogP contribution >= 0.6 is 31.9 Å². The van der Waals surface area contributed by atoms with Gasteiger partial charge in [0.25, 0.3) is 16.1 Å². The van der Waals surface area contributed by atoms with Gasteiger partial charge in [0.2, 0.25) is 0 Å². The first-order valence-electron chi connectivity index (χ1n) is 8.85. The topological polar surface area (TPSA) is 152 Å². The van der Waals surface area contributed by atoms with Crippen molar-refractivity contribution in [3.63, 3.8) is 0 Å². The second-order valence-electron chi connectivity index (χ2n) is 5.98. The van der Waals surface area contributed by atoms with E-state index in [-0.39, 0.29) is 17.5 Å². The maximum Gasteiger partial charge on any atom is 0.300 e. The van der Waals surface area contributed by atoms with E-state index in [2.05, 4.69) is 37.2 Å². The standard InChI is InChI=1S/C17H19Br2N3O4S.C2H4O2/c18-13-3-5-14(6-4-13)27(23,24)26-9-1-8-25-16-7-2-12(10-15(16)19)11-22-17(20)21;1-2(3)4/h2-7,10H,1,8-9,11H2,(H4,20,21,22);1H3,(H,3,4). The fourth-order valence-electron chi connectivity index (χ4n) is 2.05. The van der Waals surface area contributed by atoms with Crippen molar-refractivity contribution >= 4 is 53.9 Å². The van der Waals surface area contributed by atoms with E-state index < -0.39 is 16.1 Å². The van der Waals surface area contributed by atoms with Crippen LogP contribution in [-0.4, -0.2) is 38.7 Å². The third-order valence-corrected chi connectivity index (χ3v) is 5.84. The van der Waals surface area contributed by atoms with Crippen LogP contribution in [0.25, 0.3) is 0 Å². The molecular formula is C19H23Br2N3O6S. The predicted octanol–water partition coefficient (Wildman–Crippen LogP) is 3.46. The number of nitrogens with one attached hydrogen (secondary N) is 2. The molecule has 0 aliphatic heterocycles. The van der Waals surface area contributed by atoms with Gasteiger partial charge < -0.3 is 20.9 Å². The van der Waals surface area contributed by atoms with E-state index in [0.717, 1.165) is 21.4 Å². The third-order valence-electron chi connectivity index (χ3n) is 3.37. The molecule has 0 unspecified atom stereocenters. The van der Waals surface area contributed by atoms with Gasteiger partial charge in [0, 0.05) is 24.4 Å². The zero-order chi connectivity index (χ0) is 23.4. The van der Waals surface area contributed by atoms with Crippen molar-refractivity contribution in [1.29, 1.82) is 5.41 Å². The second-order valence-corrected chi connectivity index (χ2v) is 9.37. The Kier molecular flexibility index (Phi) is 11.5. The minimum atomic E-state index is -3.77. The maximum atomic E-state index is 12.1. The molecule has 2 aromatic rings. The van der Waals surface area contributed by atoms with Crippen molar-refractivity contribution in [3.05, 3.63) is 57.0 Å². The fourth-order valence-corrected chi connectivity index (χ4v) is 3.80.